The van der Waals surface area contributed by atoms with E-state index in [0.717, 1.165) is 0 Å². The van der Waals surface area contributed by atoms with E-state index in [0.29, 0.717) is 27.9 Å². The van der Waals surface area contributed by atoms with Crippen molar-refractivity contribution < 1.29 is 17.6 Å². The van der Waals surface area contributed by atoms with E-state index < -0.39 is 15.9 Å². The summed E-state index contributed by atoms with van der Waals surface area (Å²) in [6.07, 6.45) is 4.34. The fourth-order valence-electron chi connectivity index (χ4n) is 2.58. The van der Waals surface area contributed by atoms with Gasteiger partial charge in [0, 0.05) is 24.4 Å². The molecule has 10 heteroatoms. The van der Waals surface area contributed by atoms with Crippen molar-refractivity contribution in [3.63, 3.8) is 0 Å². The van der Waals surface area contributed by atoms with Crippen molar-refractivity contribution in [3.05, 3.63) is 70.9 Å². The van der Waals surface area contributed by atoms with Gasteiger partial charge in [0.05, 0.1) is 23.4 Å². The number of nitrogens with zero attached hydrogens (tertiary/aromatic N) is 2. The molecule has 0 saturated heterocycles. The van der Waals surface area contributed by atoms with Gasteiger partial charge in [-0.05, 0) is 43.3 Å². The van der Waals surface area contributed by atoms with Crippen LogP contribution in [0, 0.1) is 6.92 Å². The number of anilines is 1. The van der Waals surface area contributed by atoms with Crippen molar-refractivity contribution in [2.45, 2.75) is 18.4 Å². The predicted octanol–water partition coefficient (Wildman–Crippen LogP) is 3.11. The number of halogens is 1. The molecule has 8 nitrogen and oxygen atoms in total. The van der Waals surface area contributed by atoms with Crippen LogP contribution in [0.3, 0.4) is 0 Å². The van der Waals surface area contributed by atoms with E-state index in [2.05, 4.69) is 15.1 Å². The van der Waals surface area contributed by atoms with Crippen molar-refractivity contribution in [1.82, 2.24) is 14.5 Å². The quantitative estimate of drug-likeness (QED) is 0.556. The molecule has 3 aromatic rings. The smallest absolute Gasteiger partial charge is 0.248 e. The van der Waals surface area contributed by atoms with Gasteiger partial charge in [0.2, 0.25) is 15.9 Å². The van der Waals surface area contributed by atoms with E-state index in [1.54, 1.807) is 44.3 Å². The highest BCUT2D eigenvalue weighted by molar-refractivity contribution is 7.89. The lowest BCUT2D eigenvalue weighted by molar-refractivity contribution is -0.111. The first-order valence-electron chi connectivity index (χ1n) is 8.56. The second kappa shape index (κ2) is 8.64. The van der Waals surface area contributed by atoms with E-state index in [1.165, 1.54) is 29.2 Å². The highest BCUT2D eigenvalue weighted by atomic mass is 35.5. The molecule has 29 heavy (non-hydrogen) atoms. The first-order valence-corrected chi connectivity index (χ1v) is 10.4. The Balaban J connectivity index is 1.69. The van der Waals surface area contributed by atoms with Gasteiger partial charge in [0.25, 0.3) is 0 Å². The Morgan fingerprint density at radius 1 is 1.31 bits per heavy atom. The number of furan rings is 1. The third kappa shape index (κ3) is 5.14. The van der Waals surface area contributed by atoms with E-state index in [1.807, 2.05) is 0 Å². The number of carbonyl (C=O) groups is 1. The first kappa shape index (κ1) is 20.8. The highest BCUT2D eigenvalue weighted by Gasteiger charge is 2.15. The highest BCUT2D eigenvalue weighted by Crippen LogP contribution is 2.20. The zero-order valence-corrected chi connectivity index (χ0v) is 17.3. The predicted molar refractivity (Wildman–Crippen MR) is 110 cm³/mol. The van der Waals surface area contributed by atoms with Crippen molar-refractivity contribution in [1.29, 1.82) is 0 Å². The van der Waals surface area contributed by atoms with Crippen LogP contribution >= 0.6 is 11.6 Å². The minimum absolute atomic E-state index is 0.0250. The van der Waals surface area contributed by atoms with Crippen molar-refractivity contribution in [2.24, 2.45) is 7.05 Å². The normalized spacial score (nSPS) is 11.8. The van der Waals surface area contributed by atoms with Gasteiger partial charge >= 0.3 is 0 Å². The Morgan fingerprint density at radius 2 is 2.10 bits per heavy atom. The molecule has 1 amide bonds. The molecule has 0 fully saturated rings. The molecule has 0 bridgehead atoms. The number of sulfonamides is 1. The van der Waals surface area contributed by atoms with Crippen LogP contribution in [-0.2, 0) is 28.4 Å². The molecule has 0 aliphatic carbocycles. The van der Waals surface area contributed by atoms with Crippen LogP contribution < -0.4 is 10.0 Å². The standard InChI is InChI=1S/C19H19ClN4O4S/c1-13-17(19(20)24(2)23-13)8-9-18(25)22-14-5-3-7-16(11-14)29(26,27)21-12-15-6-4-10-28-15/h3-11,21H,12H2,1-2H3,(H,22,25)/b9-8+. The second-order valence-corrected chi connectivity index (χ2v) is 8.29. The summed E-state index contributed by atoms with van der Waals surface area (Å²) in [6, 6.07) is 9.30. The molecule has 3 rings (SSSR count). The van der Waals surface area contributed by atoms with Crippen molar-refractivity contribution >= 4 is 39.3 Å². The Bertz CT molecular complexity index is 1150. The molecule has 0 aliphatic heterocycles. The minimum Gasteiger partial charge on any atom is -0.468 e. The van der Waals surface area contributed by atoms with E-state index in [4.69, 9.17) is 16.0 Å². The molecule has 2 N–H and O–H groups in total. The van der Waals surface area contributed by atoms with Crippen LogP contribution in [0.4, 0.5) is 5.69 Å². The number of carbonyl (C=O) groups excluding carboxylic acids is 1. The molecule has 2 heterocycles. The average molecular weight is 435 g/mol. The maximum atomic E-state index is 12.4. The second-order valence-electron chi connectivity index (χ2n) is 6.17. The van der Waals surface area contributed by atoms with E-state index in [9.17, 15) is 13.2 Å². The van der Waals surface area contributed by atoms with Crippen LogP contribution in [0.15, 0.2) is 58.1 Å². The van der Waals surface area contributed by atoms with Gasteiger partial charge in [-0.25, -0.2) is 13.1 Å². The summed E-state index contributed by atoms with van der Waals surface area (Å²) in [6.45, 7) is 1.81. The van der Waals surface area contributed by atoms with Gasteiger partial charge in [-0.2, -0.15) is 5.10 Å². The van der Waals surface area contributed by atoms with Gasteiger partial charge in [-0.1, -0.05) is 17.7 Å². The lowest BCUT2D eigenvalue weighted by atomic mass is 10.2. The Morgan fingerprint density at radius 3 is 2.76 bits per heavy atom. The topological polar surface area (TPSA) is 106 Å². The number of hydrogen-bond acceptors (Lipinski definition) is 5. The van der Waals surface area contributed by atoms with Crippen LogP contribution in [0.1, 0.15) is 17.0 Å². The molecule has 1 aromatic carbocycles. The van der Waals surface area contributed by atoms with E-state index in [-0.39, 0.29) is 11.4 Å². The molecule has 0 spiro atoms. The summed E-state index contributed by atoms with van der Waals surface area (Å²) in [4.78, 5) is 12.2. The molecular formula is C19H19ClN4O4S. The van der Waals surface area contributed by atoms with Crippen LogP contribution in [0.5, 0.6) is 0 Å². The number of amides is 1. The van der Waals surface area contributed by atoms with Gasteiger partial charge in [-0.15, -0.1) is 0 Å². The SMILES string of the molecule is Cc1nn(C)c(Cl)c1/C=C/C(=O)Nc1cccc(S(=O)(=O)NCc2ccco2)c1. The zero-order chi connectivity index (χ0) is 21.0. The summed E-state index contributed by atoms with van der Waals surface area (Å²) in [7, 11) is -2.06. The summed E-state index contributed by atoms with van der Waals surface area (Å²) in [5.41, 5.74) is 1.68. The summed E-state index contributed by atoms with van der Waals surface area (Å²) in [5.74, 6) is 0.0648. The van der Waals surface area contributed by atoms with Crippen molar-refractivity contribution in [2.75, 3.05) is 5.32 Å². The third-order valence-corrected chi connectivity index (χ3v) is 5.87. The average Bonchev–Trinajstić information content (AvgIpc) is 3.28. The minimum atomic E-state index is -3.77. The maximum Gasteiger partial charge on any atom is 0.248 e. The Labute approximate surface area is 173 Å². The number of benzene rings is 1. The fraction of sp³-hybridized carbons (Fsp3) is 0.158. The van der Waals surface area contributed by atoms with Gasteiger partial charge < -0.3 is 9.73 Å². The monoisotopic (exact) mass is 434 g/mol. The lowest BCUT2D eigenvalue weighted by Gasteiger charge is -2.08. The van der Waals surface area contributed by atoms with Gasteiger partial charge in [-0.3, -0.25) is 9.48 Å². The number of aromatic nitrogens is 2. The summed E-state index contributed by atoms with van der Waals surface area (Å²) >= 11 is 6.13. The summed E-state index contributed by atoms with van der Waals surface area (Å²) < 4.78 is 34.0. The molecule has 2 aromatic heterocycles. The van der Waals surface area contributed by atoms with Crippen LogP contribution in [0.2, 0.25) is 5.15 Å². The molecule has 0 aliphatic rings. The molecule has 0 radical (unpaired) electrons. The number of rotatable bonds is 7. The Hall–Kier alpha value is -2.88. The largest absolute Gasteiger partial charge is 0.468 e. The number of hydrogen-bond donors (Lipinski definition) is 2. The molecule has 0 atom stereocenters. The third-order valence-electron chi connectivity index (χ3n) is 4.03. The first-order chi connectivity index (χ1) is 13.8. The fourth-order valence-corrected chi connectivity index (χ4v) is 3.86. The molecule has 0 unspecified atom stereocenters. The number of nitrogens with one attached hydrogen (secondary N) is 2. The zero-order valence-electron chi connectivity index (χ0n) is 15.7. The van der Waals surface area contributed by atoms with Crippen LogP contribution in [-0.4, -0.2) is 24.1 Å². The molecular weight excluding hydrogens is 416 g/mol. The maximum absolute atomic E-state index is 12.4. The number of aryl methyl sites for hydroxylation is 2. The Kier molecular flexibility index (Phi) is 6.21. The summed E-state index contributed by atoms with van der Waals surface area (Å²) in [5, 5.41) is 7.22. The molecule has 0 saturated carbocycles. The van der Waals surface area contributed by atoms with E-state index >= 15 is 0 Å². The van der Waals surface area contributed by atoms with Crippen LogP contribution in [0.25, 0.3) is 6.08 Å². The lowest BCUT2D eigenvalue weighted by Crippen LogP contribution is -2.23. The van der Waals surface area contributed by atoms with Gasteiger partial charge in [0.15, 0.2) is 0 Å². The molecule has 152 valence electrons. The van der Waals surface area contributed by atoms with Gasteiger partial charge in [0.1, 0.15) is 10.9 Å². The van der Waals surface area contributed by atoms with Crippen molar-refractivity contribution in [3.8, 4) is 0 Å².